The minimum atomic E-state index is -1.24. The Labute approximate surface area is 83.9 Å². The molecule has 0 radical (unpaired) electrons. The van der Waals surface area contributed by atoms with Crippen LogP contribution in [-0.2, 0) is 5.72 Å². The lowest BCUT2D eigenvalue weighted by atomic mass is 10.0. The SMILES string of the molecule is CC1(O)NC(=O)c2ccc(Br)cc21. The Morgan fingerprint density at radius 3 is 2.92 bits per heavy atom. The summed E-state index contributed by atoms with van der Waals surface area (Å²) in [6.45, 7) is 1.56. The monoisotopic (exact) mass is 241 g/mol. The minimum absolute atomic E-state index is 0.229. The lowest BCUT2D eigenvalue weighted by molar-refractivity contribution is 0.0301. The number of benzene rings is 1. The summed E-state index contributed by atoms with van der Waals surface area (Å²) in [5, 5.41) is 12.3. The number of nitrogens with one attached hydrogen (secondary N) is 1. The number of carbonyl (C=O) groups excluding carboxylic acids is 1. The summed E-state index contributed by atoms with van der Waals surface area (Å²) in [5.74, 6) is -0.229. The van der Waals surface area contributed by atoms with Crippen molar-refractivity contribution in [1.29, 1.82) is 0 Å². The molecule has 0 saturated carbocycles. The highest BCUT2D eigenvalue weighted by Crippen LogP contribution is 2.30. The van der Waals surface area contributed by atoms with Crippen LogP contribution in [0.5, 0.6) is 0 Å². The lowest BCUT2D eigenvalue weighted by Crippen LogP contribution is -2.35. The summed E-state index contributed by atoms with van der Waals surface area (Å²) >= 11 is 3.29. The molecule has 2 N–H and O–H groups in total. The number of carbonyl (C=O) groups is 1. The molecule has 1 aliphatic heterocycles. The molecular formula is C9H8BrNO2. The third-order valence-corrected chi connectivity index (χ3v) is 2.60. The Kier molecular flexibility index (Phi) is 1.72. The molecule has 0 aromatic heterocycles. The van der Waals surface area contributed by atoms with Gasteiger partial charge in [-0.1, -0.05) is 15.9 Å². The first-order valence-corrected chi connectivity index (χ1v) is 4.65. The van der Waals surface area contributed by atoms with E-state index in [1.807, 2.05) is 0 Å². The van der Waals surface area contributed by atoms with Gasteiger partial charge in [0.2, 0.25) is 0 Å². The molecule has 0 saturated heterocycles. The number of fused-ring (bicyclic) bond motifs is 1. The highest BCUT2D eigenvalue weighted by molar-refractivity contribution is 9.10. The second-order valence-corrected chi connectivity index (χ2v) is 4.13. The van der Waals surface area contributed by atoms with E-state index in [9.17, 15) is 9.90 Å². The molecule has 13 heavy (non-hydrogen) atoms. The Morgan fingerprint density at radius 1 is 1.54 bits per heavy atom. The molecule has 0 aliphatic carbocycles. The van der Waals surface area contributed by atoms with Gasteiger partial charge in [-0.15, -0.1) is 0 Å². The maximum absolute atomic E-state index is 11.3. The van der Waals surface area contributed by atoms with Crippen LogP contribution in [0.25, 0.3) is 0 Å². The molecule has 1 heterocycles. The molecule has 1 aliphatic rings. The van der Waals surface area contributed by atoms with Crippen LogP contribution in [0.3, 0.4) is 0 Å². The summed E-state index contributed by atoms with van der Waals surface area (Å²) in [5.41, 5.74) is -0.0870. The number of halogens is 1. The maximum Gasteiger partial charge on any atom is 0.254 e. The Morgan fingerprint density at radius 2 is 2.23 bits per heavy atom. The van der Waals surface area contributed by atoms with Gasteiger partial charge in [0.15, 0.2) is 5.72 Å². The van der Waals surface area contributed by atoms with Crippen LogP contribution in [0.2, 0.25) is 0 Å². The van der Waals surface area contributed by atoms with E-state index in [1.165, 1.54) is 0 Å². The van der Waals surface area contributed by atoms with Gasteiger partial charge in [-0.3, -0.25) is 4.79 Å². The zero-order valence-electron chi connectivity index (χ0n) is 6.97. The van der Waals surface area contributed by atoms with Crippen molar-refractivity contribution >= 4 is 21.8 Å². The number of rotatable bonds is 0. The Hall–Kier alpha value is -0.870. The summed E-state index contributed by atoms with van der Waals surface area (Å²) in [7, 11) is 0. The number of aliphatic hydroxyl groups is 1. The van der Waals surface area contributed by atoms with Crippen molar-refractivity contribution in [3.05, 3.63) is 33.8 Å². The average Bonchev–Trinajstić information content (AvgIpc) is 2.23. The minimum Gasteiger partial charge on any atom is -0.367 e. The molecule has 0 fully saturated rings. The van der Waals surface area contributed by atoms with E-state index in [4.69, 9.17) is 0 Å². The van der Waals surface area contributed by atoms with E-state index < -0.39 is 5.72 Å². The molecule has 0 bridgehead atoms. The predicted molar refractivity (Wildman–Crippen MR) is 51.2 cm³/mol. The lowest BCUT2D eigenvalue weighted by Gasteiger charge is -2.17. The Balaban J connectivity index is 2.66. The topological polar surface area (TPSA) is 49.3 Å². The predicted octanol–water partition coefficient (Wildman–Crippen LogP) is 1.36. The van der Waals surface area contributed by atoms with Gasteiger partial charge in [0.25, 0.3) is 5.91 Å². The molecule has 0 spiro atoms. The fourth-order valence-corrected chi connectivity index (χ4v) is 1.83. The zero-order valence-corrected chi connectivity index (χ0v) is 8.55. The van der Waals surface area contributed by atoms with Crippen molar-refractivity contribution in [3.63, 3.8) is 0 Å². The van der Waals surface area contributed by atoms with E-state index in [2.05, 4.69) is 21.2 Å². The standard InChI is InChI=1S/C9H8BrNO2/c1-9(13)7-4-5(10)2-3-6(7)8(12)11-9/h2-4,13H,1H3,(H,11,12). The van der Waals surface area contributed by atoms with E-state index in [0.717, 1.165) is 4.47 Å². The quantitative estimate of drug-likeness (QED) is 0.721. The van der Waals surface area contributed by atoms with Crippen molar-refractivity contribution in [2.24, 2.45) is 0 Å². The van der Waals surface area contributed by atoms with Gasteiger partial charge in [0.05, 0.1) is 0 Å². The number of amides is 1. The third kappa shape index (κ3) is 1.26. The van der Waals surface area contributed by atoms with Crippen molar-refractivity contribution in [2.75, 3.05) is 0 Å². The molecule has 1 aromatic rings. The molecule has 1 aromatic carbocycles. The number of hydrogen-bond donors (Lipinski definition) is 2. The fourth-order valence-electron chi connectivity index (χ4n) is 1.47. The van der Waals surface area contributed by atoms with E-state index in [-0.39, 0.29) is 5.91 Å². The van der Waals surface area contributed by atoms with Crippen molar-refractivity contribution in [2.45, 2.75) is 12.6 Å². The van der Waals surface area contributed by atoms with Crippen LogP contribution in [0, 0.1) is 0 Å². The summed E-state index contributed by atoms with van der Waals surface area (Å²) in [6, 6.07) is 5.21. The normalized spacial score (nSPS) is 25.6. The first-order chi connectivity index (χ1) is 6.00. The molecule has 1 amide bonds. The van der Waals surface area contributed by atoms with Crippen LogP contribution < -0.4 is 5.32 Å². The molecule has 4 heteroatoms. The molecular weight excluding hydrogens is 234 g/mol. The highest BCUT2D eigenvalue weighted by atomic mass is 79.9. The first kappa shape index (κ1) is 8.72. The fraction of sp³-hybridized carbons (Fsp3) is 0.222. The van der Waals surface area contributed by atoms with Gasteiger partial charge >= 0.3 is 0 Å². The van der Waals surface area contributed by atoms with Gasteiger partial charge in [-0.05, 0) is 25.1 Å². The number of hydrogen-bond acceptors (Lipinski definition) is 2. The van der Waals surface area contributed by atoms with Crippen LogP contribution in [0.15, 0.2) is 22.7 Å². The maximum atomic E-state index is 11.3. The van der Waals surface area contributed by atoms with Crippen molar-refractivity contribution in [1.82, 2.24) is 5.32 Å². The van der Waals surface area contributed by atoms with Gasteiger partial charge < -0.3 is 10.4 Å². The molecule has 3 nitrogen and oxygen atoms in total. The van der Waals surface area contributed by atoms with Crippen molar-refractivity contribution in [3.8, 4) is 0 Å². The van der Waals surface area contributed by atoms with E-state index in [0.29, 0.717) is 11.1 Å². The summed E-state index contributed by atoms with van der Waals surface area (Å²) in [6.07, 6.45) is 0. The average molecular weight is 242 g/mol. The van der Waals surface area contributed by atoms with Crippen LogP contribution in [-0.4, -0.2) is 11.0 Å². The van der Waals surface area contributed by atoms with E-state index in [1.54, 1.807) is 25.1 Å². The molecule has 1 atom stereocenters. The zero-order chi connectivity index (χ0) is 9.64. The largest absolute Gasteiger partial charge is 0.367 e. The van der Waals surface area contributed by atoms with Crippen molar-refractivity contribution < 1.29 is 9.90 Å². The first-order valence-electron chi connectivity index (χ1n) is 3.85. The van der Waals surface area contributed by atoms with Gasteiger partial charge in [0.1, 0.15) is 0 Å². The molecule has 2 rings (SSSR count). The van der Waals surface area contributed by atoms with E-state index >= 15 is 0 Å². The second kappa shape index (κ2) is 2.56. The highest BCUT2D eigenvalue weighted by Gasteiger charge is 2.36. The third-order valence-electron chi connectivity index (χ3n) is 2.11. The summed E-state index contributed by atoms with van der Waals surface area (Å²) in [4.78, 5) is 11.3. The molecule has 68 valence electrons. The van der Waals surface area contributed by atoms with Crippen LogP contribution >= 0.6 is 15.9 Å². The summed E-state index contributed by atoms with van der Waals surface area (Å²) < 4.78 is 0.850. The van der Waals surface area contributed by atoms with Crippen LogP contribution in [0.1, 0.15) is 22.8 Å². The van der Waals surface area contributed by atoms with Gasteiger partial charge in [0, 0.05) is 15.6 Å². The molecule has 1 unspecified atom stereocenters. The van der Waals surface area contributed by atoms with Gasteiger partial charge in [-0.25, -0.2) is 0 Å². The Bertz CT molecular complexity index is 387. The smallest absolute Gasteiger partial charge is 0.254 e. The van der Waals surface area contributed by atoms with Gasteiger partial charge in [-0.2, -0.15) is 0 Å². The van der Waals surface area contributed by atoms with Crippen LogP contribution in [0.4, 0.5) is 0 Å². The second-order valence-electron chi connectivity index (χ2n) is 3.22.